The quantitative estimate of drug-likeness (QED) is 0.298. The zero-order chi connectivity index (χ0) is 22.6. The Hall–Kier alpha value is -3.93. The standard InChI is InChI=1S/C27H20N2O2S/c1-27(2,3)22-13-11-21(12-14-22)26-29-28-25(31-26)20-9-6-19(7-10-20)8-15-24-17-16-23(32-24)5-4-18-30/h6-7,9-14,16-18H,1-3H3. The third kappa shape index (κ3) is 5.03. The zero-order valence-electron chi connectivity index (χ0n) is 18.0. The second-order valence-corrected chi connectivity index (χ2v) is 9.20. The van der Waals surface area contributed by atoms with Gasteiger partial charge in [0, 0.05) is 16.7 Å². The summed E-state index contributed by atoms with van der Waals surface area (Å²) in [7, 11) is 0. The summed E-state index contributed by atoms with van der Waals surface area (Å²) >= 11 is 1.46. The molecule has 2 heterocycles. The highest BCUT2D eigenvalue weighted by atomic mass is 32.1. The fraction of sp³-hybridized carbons (Fsp3) is 0.148. The lowest BCUT2D eigenvalue weighted by Gasteiger charge is -2.18. The molecule has 5 heteroatoms. The van der Waals surface area contributed by atoms with Crippen LogP contribution in [-0.2, 0) is 10.2 Å². The minimum Gasteiger partial charge on any atom is -0.416 e. The first-order valence-corrected chi connectivity index (χ1v) is 10.9. The van der Waals surface area contributed by atoms with Crippen molar-refractivity contribution in [3.63, 3.8) is 0 Å². The molecule has 2 aromatic carbocycles. The van der Waals surface area contributed by atoms with Crippen molar-refractivity contribution in [1.29, 1.82) is 0 Å². The molecule has 0 aliphatic carbocycles. The highest BCUT2D eigenvalue weighted by molar-refractivity contribution is 7.13. The van der Waals surface area contributed by atoms with Gasteiger partial charge in [-0.25, -0.2) is 0 Å². The smallest absolute Gasteiger partial charge is 0.248 e. The molecular formula is C27H20N2O2S. The van der Waals surface area contributed by atoms with Gasteiger partial charge in [0.25, 0.3) is 0 Å². The fourth-order valence-electron chi connectivity index (χ4n) is 2.97. The Morgan fingerprint density at radius 1 is 0.781 bits per heavy atom. The van der Waals surface area contributed by atoms with Crippen molar-refractivity contribution >= 4 is 17.6 Å². The van der Waals surface area contributed by atoms with Crippen molar-refractivity contribution in [3.8, 4) is 46.6 Å². The number of carbonyl (C=O) groups is 1. The number of thiophene rings is 1. The maximum atomic E-state index is 10.3. The number of hydrogen-bond donors (Lipinski definition) is 0. The molecule has 0 amide bonds. The van der Waals surface area contributed by atoms with E-state index in [1.807, 2.05) is 48.5 Å². The van der Waals surface area contributed by atoms with Gasteiger partial charge < -0.3 is 4.42 Å². The lowest BCUT2D eigenvalue weighted by atomic mass is 9.87. The molecule has 0 unspecified atom stereocenters. The first-order valence-electron chi connectivity index (χ1n) is 10.0. The molecule has 4 aromatic rings. The Labute approximate surface area is 191 Å². The highest BCUT2D eigenvalue weighted by Gasteiger charge is 2.15. The molecule has 0 saturated carbocycles. The van der Waals surface area contributed by atoms with Gasteiger partial charge in [-0.3, -0.25) is 4.79 Å². The predicted molar refractivity (Wildman–Crippen MR) is 127 cm³/mol. The lowest BCUT2D eigenvalue weighted by molar-refractivity contribution is -0.103. The van der Waals surface area contributed by atoms with Gasteiger partial charge in [-0.05, 0) is 71.4 Å². The third-order valence-corrected chi connectivity index (χ3v) is 5.66. The van der Waals surface area contributed by atoms with Crippen LogP contribution in [0, 0.1) is 23.7 Å². The number of benzene rings is 2. The molecule has 32 heavy (non-hydrogen) atoms. The van der Waals surface area contributed by atoms with Crippen LogP contribution in [0.5, 0.6) is 0 Å². The van der Waals surface area contributed by atoms with Crippen molar-refractivity contribution < 1.29 is 9.21 Å². The number of carbonyl (C=O) groups excluding carboxylic acids is 1. The van der Waals surface area contributed by atoms with Gasteiger partial charge in [-0.2, -0.15) is 0 Å². The van der Waals surface area contributed by atoms with Crippen molar-refractivity contribution in [2.24, 2.45) is 0 Å². The van der Waals surface area contributed by atoms with Crippen molar-refractivity contribution in [1.82, 2.24) is 10.2 Å². The average molecular weight is 437 g/mol. The van der Waals surface area contributed by atoms with Crippen LogP contribution in [0.2, 0.25) is 0 Å². The molecule has 0 aliphatic heterocycles. The summed E-state index contributed by atoms with van der Waals surface area (Å²) in [6.45, 7) is 6.55. The highest BCUT2D eigenvalue weighted by Crippen LogP contribution is 2.27. The van der Waals surface area contributed by atoms with E-state index in [1.165, 1.54) is 16.9 Å². The minimum atomic E-state index is 0.0966. The van der Waals surface area contributed by atoms with Crippen LogP contribution in [0.25, 0.3) is 22.9 Å². The normalized spacial score (nSPS) is 10.6. The van der Waals surface area contributed by atoms with E-state index in [9.17, 15) is 4.79 Å². The van der Waals surface area contributed by atoms with Crippen molar-refractivity contribution in [2.45, 2.75) is 26.2 Å². The molecule has 0 N–H and O–H groups in total. The molecule has 156 valence electrons. The third-order valence-electron chi connectivity index (χ3n) is 4.75. The monoisotopic (exact) mass is 436 g/mol. The van der Waals surface area contributed by atoms with Gasteiger partial charge in [0.1, 0.15) is 0 Å². The van der Waals surface area contributed by atoms with E-state index < -0.39 is 0 Å². The lowest BCUT2D eigenvalue weighted by Crippen LogP contribution is -2.10. The largest absolute Gasteiger partial charge is 0.416 e. The van der Waals surface area contributed by atoms with E-state index in [4.69, 9.17) is 4.42 Å². The van der Waals surface area contributed by atoms with Crippen LogP contribution >= 0.6 is 11.3 Å². The molecule has 0 bridgehead atoms. The van der Waals surface area contributed by atoms with E-state index in [2.05, 4.69) is 66.8 Å². The van der Waals surface area contributed by atoms with E-state index in [0.717, 1.165) is 26.4 Å². The fourth-order valence-corrected chi connectivity index (χ4v) is 3.69. The Bertz CT molecular complexity index is 1360. The van der Waals surface area contributed by atoms with Crippen LogP contribution in [-0.4, -0.2) is 16.5 Å². The Balaban J connectivity index is 1.48. The molecule has 0 radical (unpaired) electrons. The average Bonchev–Trinajstić information content (AvgIpc) is 3.46. The molecule has 0 saturated heterocycles. The Kier molecular flexibility index (Phi) is 6.03. The van der Waals surface area contributed by atoms with Crippen LogP contribution in [0.1, 0.15) is 41.7 Å². The van der Waals surface area contributed by atoms with Gasteiger partial charge in [0.05, 0.1) is 9.75 Å². The molecule has 4 nitrogen and oxygen atoms in total. The van der Waals surface area contributed by atoms with E-state index in [1.54, 1.807) is 0 Å². The van der Waals surface area contributed by atoms with Crippen LogP contribution in [0.4, 0.5) is 0 Å². The summed E-state index contributed by atoms with van der Waals surface area (Å²) in [5.41, 5.74) is 3.96. The zero-order valence-corrected chi connectivity index (χ0v) is 18.8. The molecule has 0 fully saturated rings. The minimum absolute atomic E-state index is 0.0966. The van der Waals surface area contributed by atoms with Gasteiger partial charge >= 0.3 is 0 Å². The molecule has 0 spiro atoms. The number of nitrogens with zero attached hydrogens (tertiary/aromatic N) is 2. The van der Waals surface area contributed by atoms with Gasteiger partial charge in [0.15, 0.2) is 6.29 Å². The summed E-state index contributed by atoms with van der Waals surface area (Å²) in [5.74, 6) is 12.4. The number of hydrogen-bond acceptors (Lipinski definition) is 5. The number of rotatable bonds is 2. The van der Waals surface area contributed by atoms with E-state index >= 15 is 0 Å². The van der Waals surface area contributed by atoms with Gasteiger partial charge in [-0.1, -0.05) is 44.7 Å². The van der Waals surface area contributed by atoms with E-state index in [-0.39, 0.29) is 5.41 Å². The molecule has 0 atom stereocenters. The Morgan fingerprint density at radius 2 is 1.34 bits per heavy atom. The predicted octanol–water partition coefficient (Wildman–Crippen LogP) is 5.71. The molecular weight excluding hydrogens is 416 g/mol. The van der Waals surface area contributed by atoms with Crippen molar-refractivity contribution in [3.05, 3.63) is 81.5 Å². The first kappa shape index (κ1) is 21.3. The van der Waals surface area contributed by atoms with E-state index in [0.29, 0.717) is 18.1 Å². The molecule has 2 aromatic heterocycles. The second-order valence-electron chi connectivity index (χ2n) is 8.12. The maximum absolute atomic E-state index is 10.3. The summed E-state index contributed by atoms with van der Waals surface area (Å²) in [5, 5.41) is 8.40. The SMILES string of the molecule is CC(C)(C)c1ccc(-c2nnc(-c3ccc(C#Cc4ccc(C#CC=O)s4)cc3)o2)cc1. The topological polar surface area (TPSA) is 56.0 Å². The van der Waals surface area contributed by atoms with Gasteiger partial charge in [0.2, 0.25) is 11.8 Å². The summed E-state index contributed by atoms with van der Waals surface area (Å²) in [6, 6.07) is 19.6. The van der Waals surface area contributed by atoms with Crippen LogP contribution < -0.4 is 0 Å². The summed E-state index contributed by atoms with van der Waals surface area (Å²) in [6.07, 6.45) is 0.585. The molecule has 4 rings (SSSR count). The molecule has 0 aliphatic rings. The van der Waals surface area contributed by atoms with Gasteiger partial charge in [-0.15, -0.1) is 21.5 Å². The number of aldehydes is 1. The summed E-state index contributed by atoms with van der Waals surface area (Å²) in [4.78, 5) is 12.0. The second kappa shape index (κ2) is 9.06. The van der Waals surface area contributed by atoms with Crippen LogP contribution in [0.15, 0.2) is 65.1 Å². The van der Waals surface area contributed by atoms with Crippen molar-refractivity contribution in [2.75, 3.05) is 0 Å². The number of aromatic nitrogens is 2. The first-order chi connectivity index (χ1) is 15.4. The Morgan fingerprint density at radius 3 is 1.91 bits per heavy atom. The van der Waals surface area contributed by atoms with Crippen LogP contribution in [0.3, 0.4) is 0 Å². The maximum Gasteiger partial charge on any atom is 0.248 e. The summed E-state index contributed by atoms with van der Waals surface area (Å²) < 4.78 is 5.89.